The van der Waals surface area contributed by atoms with Gasteiger partial charge in [-0.15, -0.1) is 0 Å². The molecule has 186 valence electrons. The molecule has 0 amide bonds. The summed E-state index contributed by atoms with van der Waals surface area (Å²) in [6.45, 7) is 15.1. The smallest absolute Gasteiger partial charge is 0.0432 e. The van der Waals surface area contributed by atoms with Crippen molar-refractivity contribution in [2.45, 2.75) is 66.7 Å². The molecule has 0 aliphatic heterocycles. The number of hydrogen-bond acceptors (Lipinski definition) is 2. The van der Waals surface area contributed by atoms with Crippen LogP contribution < -0.4 is 9.80 Å². The van der Waals surface area contributed by atoms with Crippen LogP contribution in [0.2, 0.25) is 0 Å². The molecule has 0 aliphatic rings. The zero-order valence-electron chi connectivity index (χ0n) is 22.7. The number of anilines is 2. The van der Waals surface area contributed by atoms with Gasteiger partial charge < -0.3 is 9.80 Å². The Bertz CT molecular complexity index is 1120. The lowest BCUT2D eigenvalue weighted by Crippen LogP contribution is -2.30. The molecule has 0 saturated carbocycles. The molecule has 4 aromatic carbocycles. The molecule has 0 fully saturated rings. The van der Waals surface area contributed by atoms with Crippen LogP contribution in [0.3, 0.4) is 0 Å². The zero-order valence-corrected chi connectivity index (χ0v) is 22.7. The van der Waals surface area contributed by atoms with Gasteiger partial charge in [0.15, 0.2) is 0 Å². The third kappa shape index (κ3) is 6.37. The Hall–Kier alpha value is -3.52. The second kappa shape index (κ2) is 11.5. The first-order valence-corrected chi connectivity index (χ1v) is 13.1. The van der Waals surface area contributed by atoms with Crippen molar-refractivity contribution in [2.75, 3.05) is 9.80 Å². The lowest BCUT2D eigenvalue weighted by Gasteiger charge is -2.29. The molecule has 2 nitrogen and oxygen atoms in total. The van der Waals surface area contributed by atoms with Gasteiger partial charge in [-0.25, -0.2) is 0 Å². The highest BCUT2D eigenvalue weighted by atomic mass is 15.2. The summed E-state index contributed by atoms with van der Waals surface area (Å²) in [7, 11) is 0. The van der Waals surface area contributed by atoms with Gasteiger partial charge in [0.1, 0.15) is 0 Å². The van der Waals surface area contributed by atoms with Crippen molar-refractivity contribution in [3.8, 4) is 11.1 Å². The van der Waals surface area contributed by atoms with Crippen LogP contribution in [0.25, 0.3) is 11.1 Å². The van der Waals surface area contributed by atoms with E-state index in [-0.39, 0.29) is 0 Å². The maximum Gasteiger partial charge on any atom is 0.0432 e. The van der Waals surface area contributed by atoms with Crippen LogP contribution in [0.15, 0.2) is 97.1 Å². The topological polar surface area (TPSA) is 6.48 Å². The highest BCUT2D eigenvalue weighted by Crippen LogP contribution is 2.26. The molecule has 0 bridgehead atoms. The quantitative estimate of drug-likeness (QED) is 0.238. The van der Waals surface area contributed by atoms with Crippen molar-refractivity contribution >= 4 is 11.4 Å². The SMILES string of the molecule is Cc1ccc(N(Cc2ccc(-c3ccc(CN(c4ccc(C)cc4)C(C)C)cc3)cc2)C(C)C)cc1. The minimum atomic E-state index is 0.435. The van der Waals surface area contributed by atoms with Crippen molar-refractivity contribution in [1.82, 2.24) is 0 Å². The second-order valence-electron chi connectivity index (χ2n) is 10.5. The minimum absolute atomic E-state index is 0.435. The summed E-state index contributed by atoms with van der Waals surface area (Å²) in [5, 5.41) is 0. The van der Waals surface area contributed by atoms with Crippen LogP contribution in [0.1, 0.15) is 49.9 Å². The van der Waals surface area contributed by atoms with Gasteiger partial charge in [-0.3, -0.25) is 0 Å². The molecular weight excluding hydrogens is 436 g/mol. The molecule has 0 heterocycles. The lowest BCUT2D eigenvalue weighted by molar-refractivity contribution is 0.682. The summed E-state index contributed by atoms with van der Waals surface area (Å²) in [6, 6.07) is 36.6. The van der Waals surface area contributed by atoms with Gasteiger partial charge in [-0.1, -0.05) is 83.9 Å². The molecule has 0 unspecified atom stereocenters. The van der Waals surface area contributed by atoms with Gasteiger partial charge in [0, 0.05) is 36.5 Å². The number of benzene rings is 4. The van der Waals surface area contributed by atoms with Crippen LogP contribution in [0.4, 0.5) is 11.4 Å². The molecule has 4 rings (SSSR count). The molecule has 0 radical (unpaired) electrons. The largest absolute Gasteiger partial charge is 0.365 e. The maximum absolute atomic E-state index is 2.46. The van der Waals surface area contributed by atoms with Crippen molar-refractivity contribution in [3.63, 3.8) is 0 Å². The average molecular weight is 477 g/mol. The standard InChI is InChI=1S/C34H40N2/c1-25(2)35(33-19-7-27(5)8-20-33)23-29-11-15-31(16-12-29)32-17-13-30(14-18-32)24-36(26(3)4)34-21-9-28(6)10-22-34/h7-22,25-26H,23-24H2,1-6H3. The first kappa shape index (κ1) is 25.6. The number of rotatable bonds is 9. The van der Waals surface area contributed by atoms with Crippen molar-refractivity contribution < 1.29 is 0 Å². The first-order valence-electron chi connectivity index (χ1n) is 13.1. The van der Waals surface area contributed by atoms with Gasteiger partial charge in [0.05, 0.1) is 0 Å². The molecule has 2 heteroatoms. The number of hydrogen-bond donors (Lipinski definition) is 0. The van der Waals surface area contributed by atoms with E-state index in [1.165, 1.54) is 44.8 Å². The van der Waals surface area contributed by atoms with Crippen LogP contribution >= 0.6 is 0 Å². The summed E-state index contributed by atoms with van der Waals surface area (Å²) < 4.78 is 0. The van der Waals surface area contributed by atoms with Crippen LogP contribution in [-0.4, -0.2) is 12.1 Å². The molecule has 0 saturated heterocycles. The number of nitrogens with zero attached hydrogens (tertiary/aromatic N) is 2. The fraction of sp³-hybridized carbons (Fsp3) is 0.294. The Balaban J connectivity index is 1.45. The Kier molecular flexibility index (Phi) is 8.15. The third-order valence-electron chi connectivity index (χ3n) is 6.92. The fourth-order valence-electron chi connectivity index (χ4n) is 4.62. The predicted octanol–water partition coefficient (Wildman–Crippen LogP) is 8.80. The molecule has 4 aromatic rings. The maximum atomic E-state index is 2.46. The summed E-state index contributed by atoms with van der Waals surface area (Å²) >= 11 is 0. The van der Waals surface area contributed by atoms with Gasteiger partial charge >= 0.3 is 0 Å². The summed E-state index contributed by atoms with van der Waals surface area (Å²) in [5.41, 5.74) is 10.3. The Morgan fingerprint density at radius 2 is 0.750 bits per heavy atom. The first-order chi connectivity index (χ1) is 17.3. The van der Waals surface area contributed by atoms with Gasteiger partial charge in [-0.05, 0) is 88.1 Å². The van der Waals surface area contributed by atoms with Gasteiger partial charge in [0.2, 0.25) is 0 Å². The minimum Gasteiger partial charge on any atom is -0.365 e. The Morgan fingerprint density at radius 1 is 0.444 bits per heavy atom. The highest BCUT2D eigenvalue weighted by Gasteiger charge is 2.13. The highest BCUT2D eigenvalue weighted by molar-refractivity contribution is 5.64. The summed E-state index contributed by atoms with van der Waals surface area (Å²) in [6.07, 6.45) is 0. The van der Waals surface area contributed by atoms with Crippen LogP contribution in [0.5, 0.6) is 0 Å². The zero-order chi connectivity index (χ0) is 25.7. The van der Waals surface area contributed by atoms with Crippen molar-refractivity contribution in [2.24, 2.45) is 0 Å². The monoisotopic (exact) mass is 476 g/mol. The third-order valence-corrected chi connectivity index (χ3v) is 6.92. The second-order valence-corrected chi connectivity index (χ2v) is 10.5. The Labute approximate surface area is 218 Å². The van der Waals surface area contributed by atoms with Crippen LogP contribution in [0, 0.1) is 13.8 Å². The van der Waals surface area contributed by atoms with E-state index < -0.39 is 0 Å². The van der Waals surface area contributed by atoms with E-state index in [2.05, 4.69) is 148 Å². The van der Waals surface area contributed by atoms with E-state index in [0.29, 0.717) is 12.1 Å². The lowest BCUT2D eigenvalue weighted by atomic mass is 10.0. The molecule has 0 atom stereocenters. The van der Waals surface area contributed by atoms with Crippen molar-refractivity contribution in [1.29, 1.82) is 0 Å². The normalized spacial score (nSPS) is 11.2. The van der Waals surface area contributed by atoms with Gasteiger partial charge in [0.25, 0.3) is 0 Å². The van der Waals surface area contributed by atoms with Crippen molar-refractivity contribution in [3.05, 3.63) is 119 Å². The predicted molar refractivity (Wildman–Crippen MR) is 157 cm³/mol. The molecule has 0 spiro atoms. The van der Waals surface area contributed by atoms with E-state index >= 15 is 0 Å². The van der Waals surface area contributed by atoms with E-state index in [9.17, 15) is 0 Å². The molecular formula is C34H40N2. The average Bonchev–Trinajstić information content (AvgIpc) is 2.87. The van der Waals surface area contributed by atoms with E-state index in [0.717, 1.165) is 13.1 Å². The summed E-state index contributed by atoms with van der Waals surface area (Å²) in [5.74, 6) is 0. The van der Waals surface area contributed by atoms with E-state index in [1.54, 1.807) is 0 Å². The van der Waals surface area contributed by atoms with Crippen LogP contribution in [-0.2, 0) is 13.1 Å². The molecule has 0 N–H and O–H groups in total. The molecule has 0 aromatic heterocycles. The summed E-state index contributed by atoms with van der Waals surface area (Å²) in [4.78, 5) is 4.91. The Morgan fingerprint density at radius 3 is 1.03 bits per heavy atom. The van der Waals surface area contributed by atoms with Gasteiger partial charge in [-0.2, -0.15) is 0 Å². The number of aryl methyl sites for hydroxylation is 2. The fourth-order valence-corrected chi connectivity index (χ4v) is 4.62. The molecule has 36 heavy (non-hydrogen) atoms. The molecule has 0 aliphatic carbocycles. The van der Waals surface area contributed by atoms with E-state index in [4.69, 9.17) is 0 Å². The van der Waals surface area contributed by atoms with E-state index in [1.807, 2.05) is 0 Å².